The molecular weight excluding hydrogens is 320 g/mol. The van der Waals surface area contributed by atoms with Crippen molar-refractivity contribution in [1.29, 1.82) is 0 Å². The van der Waals surface area contributed by atoms with Gasteiger partial charge in [0.2, 0.25) is 0 Å². The monoisotopic (exact) mass is 336 g/mol. The molecule has 1 aliphatic heterocycles. The predicted molar refractivity (Wildman–Crippen MR) is 94.1 cm³/mol. The van der Waals surface area contributed by atoms with E-state index in [1.54, 1.807) is 26.2 Å². The van der Waals surface area contributed by atoms with Crippen LogP contribution in [0.2, 0.25) is 0 Å². The molecule has 1 N–H and O–H groups in total. The molecule has 25 heavy (non-hydrogen) atoms. The Morgan fingerprint density at radius 3 is 2.88 bits per heavy atom. The lowest BCUT2D eigenvalue weighted by Gasteiger charge is -2.13. The van der Waals surface area contributed by atoms with Gasteiger partial charge in [0.15, 0.2) is 5.75 Å². The van der Waals surface area contributed by atoms with Crippen LogP contribution in [0.4, 0.5) is 11.4 Å². The van der Waals surface area contributed by atoms with Crippen molar-refractivity contribution in [3.63, 3.8) is 0 Å². The van der Waals surface area contributed by atoms with Crippen molar-refractivity contribution in [2.24, 2.45) is 0 Å². The van der Waals surface area contributed by atoms with Crippen LogP contribution in [0.3, 0.4) is 0 Å². The molecule has 0 atom stereocenters. The first-order valence-corrected chi connectivity index (χ1v) is 7.93. The van der Waals surface area contributed by atoms with Gasteiger partial charge in [-0.3, -0.25) is 4.98 Å². The fraction of sp³-hybridized carbons (Fsp3) is 0.158. The van der Waals surface area contributed by atoms with Gasteiger partial charge in [-0.05, 0) is 19.1 Å². The lowest BCUT2D eigenvalue weighted by Crippen LogP contribution is -2.09. The highest BCUT2D eigenvalue weighted by atomic mass is 16.5. The van der Waals surface area contributed by atoms with Gasteiger partial charge in [0.25, 0.3) is 0 Å². The first-order valence-electron chi connectivity index (χ1n) is 7.93. The summed E-state index contributed by atoms with van der Waals surface area (Å²) in [6.45, 7) is 2.06. The van der Waals surface area contributed by atoms with E-state index < -0.39 is 5.97 Å². The van der Waals surface area contributed by atoms with E-state index >= 15 is 0 Å². The number of hydrogen-bond acceptors (Lipinski definition) is 6. The van der Waals surface area contributed by atoms with Crippen molar-refractivity contribution in [1.82, 2.24) is 4.98 Å². The fourth-order valence-electron chi connectivity index (χ4n) is 2.87. The number of para-hydroxylation sites is 2. The quantitative estimate of drug-likeness (QED) is 0.564. The Morgan fingerprint density at radius 1 is 1.24 bits per heavy atom. The van der Waals surface area contributed by atoms with E-state index in [-0.39, 0.29) is 0 Å². The van der Waals surface area contributed by atoms with E-state index in [1.165, 1.54) is 6.20 Å². The molecular formula is C19H16N2O4. The zero-order valence-corrected chi connectivity index (χ0v) is 13.8. The SMILES string of the molecule is CCOC(=O)c1cnc2cc(OC)cc3c2c1Nc1ccccc1O3. The Morgan fingerprint density at radius 2 is 2.08 bits per heavy atom. The largest absolute Gasteiger partial charge is 0.497 e. The Labute approximate surface area is 144 Å². The highest BCUT2D eigenvalue weighted by Crippen LogP contribution is 2.45. The summed E-state index contributed by atoms with van der Waals surface area (Å²) in [5.41, 5.74) is 2.40. The van der Waals surface area contributed by atoms with Gasteiger partial charge in [0, 0.05) is 18.3 Å². The second-order valence-electron chi connectivity index (χ2n) is 5.51. The number of aromatic nitrogens is 1. The van der Waals surface area contributed by atoms with Crippen LogP contribution in [0, 0.1) is 0 Å². The van der Waals surface area contributed by atoms with Crippen molar-refractivity contribution in [3.8, 4) is 17.2 Å². The maximum absolute atomic E-state index is 12.4. The number of ether oxygens (including phenoxy) is 3. The number of fused-ring (bicyclic) bond motifs is 1. The fourth-order valence-corrected chi connectivity index (χ4v) is 2.87. The minimum atomic E-state index is -0.430. The molecule has 0 saturated heterocycles. The topological polar surface area (TPSA) is 69.7 Å². The molecule has 0 fully saturated rings. The Bertz CT molecular complexity index is 985. The summed E-state index contributed by atoms with van der Waals surface area (Å²) in [5, 5.41) is 4.02. The van der Waals surface area contributed by atoms with Crippen molar-refractivity contribution < 1.29 is 19.0 Å². The lowest BCUT2D eigenvalue weighted by molar-refractivity contribution is 0.0527. The average molecular weight is 336 g/mol. The van der Waals surface area contributed by atoms with E-state index in [0.29, 0.717) is 46.0 Å². The predicted octanol–water partition coefficient (Wildman–Crippen LogP) is 4.27. The normalized spacial score (nSPS) is 11.8. The van der Waals surface area contributed by atoms with Gasteiger partial charge in [0.05, 0.1) is 36.0 Å². The van der Waals surface area contributed by atoms with E-state index in [2.05, 4.69) is 10.3 Å². The van der Waals surface area contributed by atoms with Crippen LogP contribution in [-0.2, 0) is 4.74 Å². The van der Waals surface area contributed by atoms with Crippen LogP contribution in [0.5, 0.6) is 17.2 Å². The van der Waals surface area contributed by atoms with Gasteiger partial charge in [-0.15, -0.1) is 0 Å². The van der Waals surface area contributed by atoms with Crippen LogP contribution in [-0.4, -0.2) is 24.7 Å². The third kappa shape index (κ3) is 2.52. The van der Waals surface area contributed by atoms with Crippen LogP contribution in [0.1, 0.15) is 17.3 Å². The maximum atomic E-state index is 12.4. The number of methoxy groups -OCH3 is 1. The summed E-state index contributed by atoms with van der Waals surface area (Å²) in [7, 11) is 1.59. The zero-order chi connectivity index (χ0) is 17.4. The lowest BCUT2D eigenvalue weighted by atomic mass is 10.1. The molecule has 0 unspecified atom stereocenters. The molecule has 0 radical (unpaired) electrons. The van der Waals surface area contributed by atoms with E-state index in [9.17, 15) is 4.79 Å². The molecule has 2 heterocycles. The number of esters is 1. The summed E-state index contributed by atoms with van der Waals surface area (Å²) in [6, 6.07) is 11.1. The highest BCUT2D eigenvalue weighted by Gasteiger charge is 2.24. The van der Waals surface area contributed by atoms with Crippen LogP contribution >= 0.6 is 0 Å². The summed E-state index contributed by atoms with van der Waals surface area (Å²) in [4.78, 5) is 16.8. The van der Waals surface area contributed by atoms with E-state index in [4.69, 9.17) is 14.2 Å². The van der Waals surface area contributed by atoms with E-state index in [0.717, 1.165) is 5.69 Å². The number of pyridine rings is 1. The van der Waals surface area contributed by atoms with Crippen molar-refractivity contribution in [2.45, 2.75) is 6.92 Å². The standard InChI is InChI=1S/C19H16N2O4/c1-3-24-19(22)12-10-20-14-8-11(23-2)9-16-17(14)18(12)21-13-6-4-5-7-15(13)25-16/h4-10,21H,3H2,1-2H3. The van der Waals surface area contributed by atoms with Gasteiger partial charge < -0.3 is 19.5 Å². The maximum Gasteiger partial charge on any atom is 0.341 e. The molecule has 2 aromatic carbocycles. The zero-order valence-electron chi connectivity index (χ0n) is 13.8. The third-order valence-corrected chi connectivity index (χ3v) is 4.00. The second-order valence-corrected chi connectivity index (χ2v) is 5.51. The second kappa shape index (κ2) is 5.98. The summed E-state index contributed by atoms with van der Waals surface area (Å²) in [5.74, 6) is 1.42. The van der Waals surface area contributed by atoms with Gasteiger partial charge in [-0.25, -0.2) is 4.79 Å². The third-order valence-electron chi connectivity index (χ3n) is 4.00. The first-order chi connectivity index (χ1) is 12.2. The highest BCUT2D eigenvalue weighted by molar-refractivity contribution is 6.09. The Hall–Kier alpha value is -3.28. The van der Waals surface area contributed by atoms with Crippen LogP contribution < -0.4 is 14.8 Å². The van der Waals surface area contributed by atoms with Crippen molar-refractivity contribution in [3.05, 3.63) is 48.2 Å². The Kier molecular flexibility index (Phi) is 3.65. The molecule has 0 spiro atoms. The smallest absolute Gasteiger partial charge is 0.341 e. The molecule has 0 aliphatic carbocycles. The number of rotatable bonds is 3. The van der Waals surface area contributed by atoms with Crippen LogP contribution in [0.15, 0.2) is 42.6 Å². The van der Waals surface area contributed by atoms with Gasteiger partial charge >= 0.3 is 5.97 Å². The summed E-state index contributed by atoms with van der Waals surface area (Å²) < 4.78 is 16.6. The molecule has 0 saturated carbocycles. The number of benzene rings is 2. The molecule has 6 heteroatoms. The minimum absolute atomic E-state index is 0.291. The summed E-state index contributed by atoms with van der Waals surface area (Å²) in [6.07, 6.45) is 1.51. The molecule has 4 rings (SSSR count). The molecule has 1 aromatic heterocycles. The number of carbonyl (C=O) groups is 1. The summed E-state index contributed by atoms with van der Waals surface area (Å²) >= 11 is 0. The molecule has 3 aromatic rings. The molecule has 126 valence electrons. The number of nitrogens with one attached hydrogen (secondary N) is 1. The number of nitrogens with zero attached hydrogens (tertiary/aromatic N) is 1. The van der Waals surface area contributed by atoms with Crippen LogP contribution in [0.25, 0.3) is 10.9 Å². The van der Waals surface area contributed by atoms with Gasteiger partial charge in [-0.2, -0.15) is 0 Å². The average Bonchev–Trinajstić information content (AvgIpc) is 2.79. The first kappa shape index (κ1) is 15.3. The van der Waals surface area contributed by atoms with Crippen molar-refractivity contribution in [2.75, 3.05) is 19.0 Å². The van der Waals surface area contributed by atoms with Gasteiger partial charge in [-0.1, -0.05) is 12.1 Å². The van der Waals surface area contributed by atoms with Gasteiger partial charge in [0.1, 0.15) is 17.1 Å². The number of carbonyl (C=O) groups excluding carboxylic acids is 1. The molecule has 0 bridgehead atoms. The molecule has 6 nitrogen and oxygen atoms in total. The molecule has 0 amide bonds. The molecule has 1 aliphatic rings. The number of hydrogen-bond donors (Lipinski definition) is 1. The van der Waals surface area contributed by atoms with Crippen molar-refractivity contribution >= 4 is 28.2 Å². The Balaban J connectivity index is 2.02. The number of anilines is 2. The van der Waals surface area contributed by atoms with E-state index in [1.807, 2.05) is 24.3 Å². The minimum Gasteiger partial charge on any atom is -0.497 e.